The molecule has 0 heterocycles. The van der Waals surface area contributed by atoms with Gasteiger partial charge in [-0.25, -0.2) is 0 Å². The maximum atomic E-state index is 6.09. The van der Waals surface area contributed by atoms with Crippen molar-refractivity contribution in [3.8, 4) is 0 Å². The van der Waals surface area contributed by atoms with Crippen molar-refractivity contribution < 1.29 is 0 Å². The lowest BCUT2D eigenvalue weighted by atomic mass is 9.88. The van der Waals surface area contributed by atoms with E-state index in [-0.39, 0.29) is 0 Å². The third-order valence-electron chi connectivity index (χ3n) is 4.06. The molecule has 1 fully saturated rings. The van der Waals surface area contributed by atoms with E-state index in [9.17, 15) is 0 Å². The van der Waals surface area contributed by atoms with Crippen molar-refractivity contribution in [2.24, 2.45) is 11.7 Å². The van der Waals surface area contributed by atoms with E-state index in [1.54, 1.807) is 5.57 Å². The van der Waals surface area contributed by atoms with Crippen LogP contribution in [0.25, 0.3) is 0 Å². The molecule has 0 spiro atoms. The Kier molecular flexibility index (Phi) is 4.25. The SMILES string of the molecule is NC1C=C(C2CCCCCC2)CCCC1. The average Bonchev–Trinajstić information content (AvgIpc) is 2.59. The Morgan fingerprint density at radius 2 is 1.53 bits per heavy atom. The Balaban J connectivity index is 1.99. The summed E-state index contributed by atoms with van der Waals surface area (Å²) in [6, 6.07) is 0.353. The van der Waals surface area contributed by atoms with Crippen LogP contribution in [0.4, 0.5) is 0 Å². The van der Waals surface area contributed by atoms with E-state index in [1.165, 1.54) is 64.2 Å². The molecule has 1 atom stereocenters. The van der Waals surface area contributed by atoms with Gasteiger partial charge in [0.05, 0.1) is 0 Å². The highest BCUT2D eigenvalue weighted by atomic mass is 14.6. The Morgan fingerprint density at radius 1 is 0.867 bits per heavy atom. The van der Waals surface area contributed by atoms with E-state index in [0.29, 0.717) is 6.04 Å². The average molecular weight is 207 g/mol. The van der Waals surface area contributed by atoms with E-state index in [1.807, 2.05) is 0 Å². The molecule has 2 rings (SSSR count). The molecule has 86 valence electrons. The number of rotatable bonds is 1. The first-order chi connectivity index (χ1) is 7.36. The summed E-state index contributed by atoms with van der Waals surface area (Å²) in [5.74, 6) is 0.886. The van der Waals surface area contributed by atoms with Crippen molar-refractivity contribution in [1.29, 1.82) is 0 Å². The molecule has 0 radical (unpaired) electrons. The van der Waals surface area contributed by atoms with Gasteiger partial charge in [-0.1, -0.05) is 43.8 Å². The van der Waals surface area contributed by atoms with E-state index in [0.717, 1.165) is 5.92 Å². The first-order valence-corrected chi connectivity index (χ1v) is 6.82. The molecule has 2 aliphatic carbocycles. The molecule has 0 aromatic rings. The van der Waals surface area contributed by atoms with Crippen LogP contribution in [0.2, 0.25) is 0 Å². The molecule has 0 bridgehead atoms. The molecular formula is C14H25N. The second kappa shape index (κ2) is 5.69. The van der Waals surface area contributed by atoms with Crippen LogP contribution >= 0.6 is 0 Å². The van der Waals surface area contributed by atoms with Gasteiger partial charge in [0, 0.05) is 6.04 Å². The topological polar surface area (TPSA) is 26.0 Å². The molecular weight excluding hydrogens is 182 g/mol. The Labute approximate surface area is 94.1 Å². The zero-order valence-electron chi connectivity index (χ0n) is 9.88. The van der Waals surface area contributed by atoms with Crippen LogP contribution < -0.4 is 5.73 Å². The first-order valence-electron chi connectivity index (χ1n) is 6.82. The first kappa shape index (κ1) is 11.2. The molecule has 0 saturated heterocycles. The summed E-state index contributed by atoms with van der Waals surface area (Å²) in [4.78, 5) is 0. The number of allylic oxidation sites excluding steroid dienone is 1. The highest BCUT2D eigenvalue weighted by Crippen LogP contribution is 2.33. The van der Waals surface area contributed by atoms with Crippen molar-refractivity contribution in [2.75, 3.05) is 0 Å². The summed E-state index contributed by atoms with van der Waals surface area (Å²) in [5.41, 5.74) is 7.80. The van der Waals surface area contributed by atoms with Gasteiger partial charge in [-0.3, -0.25) is 0 Å². The van der Waals surface area contributed by atoms with Crippen molar-refractivity contribution >= 4 is 0 Å². The lowest BCUT2D eigenvalue weighted by Crippen LogP contribution is -2.17. The lowest BCUT2D eigenvalue weighted by molar-refractivity contribution is 0.508. The van der Waals surface area contributed by atoms with Crippen molar-refractivity contribution in [3.05, 3.63) is 11.6 Å². The van der Waals surface area contributed by atoms with Crippen LogP contribution in [0.5, 0.6) is 0 Å². The Morgan fingerprint density at radius 3 is 2.27 bits per heavy atom. The van der Waals surface area contributed by atoms with Gasteiger partial charge >= 0.3 is 0 Å². The van der Waals surface area contributed by atoms with Crippen LogP contribution in [-0.2, 0) is 0 Å². The quantitative estimate of drug-likeness (QED) is 0.514. The molecule has 0 amide bonds. The second-order valence-corrected chi connectivity index (χ2v) is 5.34. The Hall–Kier alpha value is -0.300. The summed E-state index contributed by atoms with van der Waals surface area (Å²) in [7, 11) is 0. The van der Waals surface area contributed by atoms with Crippen molar-refractivity contribution in [1.82, 2.24) is 0 Å². The van der Waals surface area contributed by atoms with E-state index in [4.69, 9.17) is 5.73 Å². The Bertz CT molecular complexity index is 211. The minimum atomic E-state index is 0.353. The minimum absolute atomic E-state index is 0.353. The van der Waals surface area contributed by atoms with Crippen LogP contribution in [0.1, 0.15) is 64.2 Å². The van der Waals surface area contributed by atoms with Gasteiger partial charge in [0.25, 0.3) is 0 Å². The fourth-order valence-electron chi connectivity index (χ4n) is 3.14. The molecule has 2 aliphatic rings. The normalized spacial score (nSPS) is 30.5. The van der Waals surface area contributed by atoms with Gasteiger partial charge in [-0.2, -0.15) is 0 Å². The maximum absolute atomic E-state index is 6.09. The predicted molar refractivity (Wildman–Crippen MR) is 65.7 cm³/mol. The van der Waals surface area contributed by atoms with E-state index in [2.05, 4.69) is 6.08 Å². The molecule has 1 saturated carbocycles. The summed E-state index contributed by atoms with van der Waals surface area (Å²) in [6.45, 7) is 0. The zero-order chi connectivity index (χ0) is 10.5. The molecule has 2 N–H and O–H groups in total. The molecule has 1 unspecified atom stereocenters. The van der Waals surface area contributed by atoms with Crippen LogP contribution in [0.15, 0.2) is 11.6 Å². The minimum Gasteiger partial charge on any atom is -0.324 e. The van der Waals surface area contributed by atoms with E-state index >= 15 is 0 Å². The van der Waals surface area contributed by atoms with Gasteiger partial charge in [0.1, 0.15) is 0 Å². The number of hydrogen-bond donors (Lipinski definition) is 1. The zero-order valence-corrected chi connectivity index (χ0v) is 9.88. The largest absolute Gasteiger partial charge is 0.324 e. The highest BCUT2D eigenvalue weighted by Gasteiger charge is 2.18. The number of hydrogen-bond acceptors (Lipinski definition) is 1. The van der Waals surface area contributed by atoms with Gasteiger partial charge in [0.15, 0.2) is 0 Å². The monoisotopic (exact) mass is 207 g/mol. The summed E-state index contributed by atoms with van der Waals surface area (Å²) >= 11 is 0. The van der Waals surface area contributed by atoms with E-state index < -0.39 is 0 Å². The highest BCUT2D eigenvalue weighted by molar-refractivity contribution is 5.12. The summed E-state index contributed by atoms with van der Waals surface area (Å²) < 4.78 is 0. The van der Waals surface area contributed by atoms with Crippen LogP contribution in [0.3, 0.4) is 0 Å². The van der Waals surface area contributed by atoms with Crippen molar-refractivity contribution in [3.63, 3.8) is 0 Å². The molecule has 15 heavy (non-hydrogen) atoms. The van der Waals surface area contributed by atoms with Crippen molar-refractivity contribution in [2.45, 2.75) is 70.3 Å². The standard InChI is InChI=1S/C14H25N/c15-14-10-6-5-9-13(11-14)12-7-3-1-2-4-8-12/h11-12,14H,1-10,15H2. The van der Waals surface area contributed by atoms with Gasteiger partial charge in [-0.15, -0.1) is 0 Å². The van der Waals surface area contributed by atoms with Crippen LogP contribution in [0, 0.1) is 5.92 Å². The van der Waals surface area contributed by atoms with Crippen LogP contribution in [-0.4, -0.2) is 6.04 Å². The van der Waals surface area contributed by atoms with Gasteiger partial charge < -0.3 is 5.73 Å². The smallest absolute Gasteiger partial charge is 0.0226 e. The second-order valence-electron chi connectivity index (χ2n) is 5.34. The fraction of sp³-hybridized carbons (Fsp3) is 0.857. The molecule has 1 heteroatoms. The predicted octanol–water partition coefficient (Wildman–Crippen LogP) is 3.78. The molecule has 0 aliphatic heterocycles. The van der Waals surface area contributed by atoms with Gasteiger partial charge in [-0.05, 0) is 38.0 Å². The number of nitrogens with two attached hydrogens (primary N) is 1. The third-order valence-corrected chi connectivity index (χ3v) is 4.06. The van der Waals surface area contributed by atoms with Gasteiger partial charge in [0.2, 0.25) is 0 Å². The molecule has 0 aromatic carbocycles. The summed E-state index contributed by atoms with van der Waals surface area (Å²) in [6.07, 6.45) is 16.3. The molecule has 1 nitrogen and oxygen atoms in total. The summed E-state index contributed by atoms with van der Waals surface area (Å²) in [5, 5.41) is 0. The fourth-order valence-corrected chi connectivity index (χ4v) is 3.14. The molecule has 0 aromatic heterocycles. The maximum Gasteiger partial charge on any atom is 0.0226 e. The third kappa shape index (κ3) is 3.34. The lowest BCUT2D eigenvalue weighted by Gasteiger charge is -2.18.